The Morgan fingerprint density at radius 3 is 2.35 bits per heavy atom. The molecule has 23 heavy (non-hydrogen) atoms. The Labute approximate surface area is 147 Å². The van der Waals surface area contributed by atoms with E-state index >= 15 is 0 Å². The Balaban J connectivity index is 0.000000271. The highest BCUT2D eigenvalue weighted by atomic mass is 32.7. The van der Waals surface area contributed by atoms with Gasteiger partial charge in [-0.3, -0.25) is 0 Å². The van der Waals surface area contributed by atoms with Crippen LogP contribution in [0.25, 0.3) is 0 Å². The molecular weight excluding hydrogens is 342 g/mol. The molecule has 7 atom stereocenters. The molecule has 0 saturated carbocycles. The fourth-order valence-corrected chi connectivity index (χ4v) is 3.23. The largest absolute Gasteiger partial charge is 0.394 e. The highest BCUT2D eigenvalue weighted by Gasteiger charge is 2.36. The first-order valence-corrected chi connectivity index (χ1v) is 9.71. The van der Waals surface area contributed by atoms with Gasteiger partial charge in [-0.1, -0.05) is 14.5 Å². The van der Waals surface area contributed by atoms with Gasteiger partial charge in [-0.05, 0) is 7.25 Å². The van der Waals surface area contributed by atoms with Gasteiger partial charge in [0.15, 0.2) is 12.6 Å². The van der Waals surface area contributed by atoms with Crippen LogP contribution in [0.5, 0.6) is 0 Å². The number of hydrogen-bond donors (Lipinski definition) is 2. The van der Waals surface area contributed by atoms with Crippen molar-refractivity contribution < 1.29 is 33.3 Å². The number of methoxy groups -OCH3 is 2. The normalized spacial score (nSPS) is 39.2. The van der Waals surface area contributed by atoms with Gasteiger partial charge in [0.2, 0.25) is 0 Å². The van der Waals surface area contributed by atoms with Gasteiger partial charge in [0.25, 0.3) is 0 Å². The van der Waals surface area contributed by atoms with E-state index in [9.17, 15) is 0 Å². The van der Waals surface area contributed by atoms with Crippen LogP contribution in [0, 0.1) is 5.92 Å². The van der Waals surface area contributed by atoms with Gasteiger partial charge in [-0.2, -0.15) is 0 Å². The highest BCUT2D eigenvalue weighted by molar-refractivity contribution is 8.53. The maximum atomic E-state index is 9.02. The van der Waals surface area contributed by atoms with Crippen LogP contribution in [-0.4, -0.2) is 78.7 Å². The first kappa shape index (κ1) is 18.4. The molecule has 2 aliphatic rings. The van der Waals surface area contributed by atoms with E-state index in [1.807, 2.05) is 0 Å². The van der Waals surface area contributed by atoms with Crippen molar-refractivity contribution in [3.8, 4) is 0 Å². The lowest BCUT2D eigenvalue weighted by Gasteiger charge is -2.14. The Morgan fingerprint density at radius 2 is 1.87 bits per heavy atom. The minimum Gasteiger partial charge on any atom is -0.394 e. The summed E-state index contributed by atoms with van der Waals surface area (Å²) in [4.78, 5) is 0. The van der Waals surface area contributed by atoms with Crippen molar-refractivity contribution in [3.05, 3.63) is 0 Å². The molecule has 0 amide bonds. The molecular formula is C13H27BO7PS. The van der Waals surface area contributed by atoms with E-state index in [2.05, 4.69) is 6.92 Å². The maximum absolute atomic E-state index is 9.02. The van der Waals surface area contributed by atoms with Gasteiger partial charge in [0, 0.05) is 38.7 Å². The fourth-order valence-electron chi connectivity index (χ4n) is 2.39. The van der Waals surface area contributed by atoms with Crippen molar-refractivity contribution in [1.82, 2.24) is 0 Å². The third-order valence-corrected chi connectivity index (χ3v) is 4.72. The van der Waals surface area contributed by atoms with Crippen LogP contribution in [0.15, 0.2) is 0 Å². The zero-order valence-corrected chi connectivity index (χ0v) is 15.4. The Morgan fingerprint density at radius 1 is 1.26 bits per heavy atom. The summed E-state index contributed by atoms with van der Waals surface area (Å²) < 4.78 is 40.1. The average molecular weight is 372 g/mol. The molecule has 0 aromatic heterocycles. The summed E-state index contributed by atoms with van der Waals surface area (Å²) in [5.74, 6) is 0.412. The first-order valence-electron chi connectivity index (χ1n) is 8.42. The monoisotopic (exact) mass is 372 g/mol. The van der Waals surface area contributed by atoms with E-state index < -0.39 is 13.7 Å². The van der Waals surface area contributed by atoms with Gasteiger partial charge in [0.1, 0.15) is 19.7 Å². The van der Waals surface area contributed by atoms with Crippen molar-refractivity contribution in [2.75, 3.05) is 27.4 Å². The van der Waals surface area contributed by atoms with E-state index in [0.29, 0.717) is 12.3 Å². The Kier molecular flexibility index (Phi) is 9.58. The summed E-state index contributed by atoms with van der Waals surface area (Å²) in [5, 5.41) is 17.8. The maximum Gasteiger partial charge on any atom is 0.160 e. The molecule has 2 N–H and O–H groups in total. The van der Waals surface area contributed by atoms with Crippen molar-refractivity contribution in [3.63, 3.8) is 0 Å². The van der Waals surface area contributed by atoms with Gasteiger partial charge in [0.05, 0.1) is 20.6 Å². The lowest BCUT2D eigenvalue weighted by Crippen LogP contribution is -2.25. The highest BCUT2D eigenvalue weighted by Crippen LogP contribution is 2.33. The van der Waals surface area contributed by atoms with Crippen LogP contribution in [-0.2, 0) is 23.1 Å². The summed E-state index contributed by atoms with van der Waals surface area (Å²) in [6, 6.07) is 0. The molecule has 0 aliphatic carbocycles. The van der Waals surface area contributed by atoms with Crippen molar-refractivity contribution >= 4 is 26.8 Å². The standard InChI is InChI=1S/C7H14O3.C6H13BO4PS/c1-5-3-7(9-2)10-6(5)4-8;1-9-6-2-4(11-13-12-7)5(3-8)10-6/h5-8H,3-4H2,1-2H3;4-8,12H,2-3H2,1H3/t5-,6+,7?;4-,5+,6?,12?/m00/s1/i;7T,12D. The van der Waals surface area contributed by atoms with Crippen molar-refractivity contribution in [2.24, 2.45) is 5.92 Å². The van der Waals surface area contributed by atoms with Crippen molar-refractivity contribution in [1.29, 1.82) is 2.61 Å². The summed E-state index contributed by atoms with van der Waals surface area (Å²) >= 11 is 0.947. The van der Waals surface area contributed by atoms with E-state index in [1.54, 1.807) is 7.11 Å². The zero-order valence-electron chi connectivity index (χ0n) is 15.7. The van der Waals surface area contributed by atoms with E-state index in [1.165, 1.54) is 7.11 Å². The van der Waals surface area contributed by atoms with E-state index in [-0.39, 0.29) is 38.0 Å². The second-order valence-corrected chi connectivity index (χ2v) is 6.94. The minimum atomic E-state index is -1.33. The van der Waals surface area contributed by atoms with Crippen LogP contribution >= 0.6 is 19.3 Å². The molecule has 1 radical (unpaired) electrons. The quantitative estimate of drug-likeness (QED) is 0.363. The third kappa shape index (κ3) is 7.14. The number of hydrogen-bond acceptors (Lipinski definition) is 8. The molecule has 2 heterocycles. The smallest absolute Gasteiger partial charge is 0.160 e. The van der Waals surface area contributed by atoms with Crippen molar-refractivity contribution in [2.45, 2.75) is 50.7 Å². The summed E-state index contributed by atoms with van der Waals surface area (Å²) in [5.41, 5.74) is 0. The second-order valence-electron chi connectivity index (χ2n) is 5.31. The average Bonchev–Trinajstić information content (AvgIpc) is 3.22. The van der Waals surface area contributed by atoms with Gasteiger partial charge in [-0.25, -0.2) is 0 Å². The number of aliphatic hydroxyl groups excluding tert-OH is 2. The Bertz CT molecular complexity index is 366. The molecule has 0 spiro atoms. The predicted molar refractivity (Wildman–Crippen MR) is 91.8 cm³/mol. The number of aliphatic hydroxyl groups is 2. The van der Waals surface area contributed by atoms with Crippen LogP contribution in [0.1, 0.15) is 19.8 Å². The van der Waals surface area contributed by atoms with Crippen LogP contribution in [0.3, 0.4) is 0 Å². The Hall–Kier alpha value is 0.565. The molecule has 10 heteroatoms. The van der Waals surface area contributed by atoms with Gasteiger partial charge >= 0.3 is 0 Å². The molecule has 2 fully saturated rings. The lowest BCUT2D eigenvalue weighted by molar-refractivity contribution is -0.125. The van der Waals surface area contributed by atoms with E-state index in [0.717, 1.165) is 25.6 Å². The topological polar surface area (TPSA) is 86.6 Å². The lowest BCUT2D eigenvalue weighted by atomic mass is 10.1. The van der Waals surface area contributed by atoms with Crippen LogP contribution in [0.4, 0.5) is 0 Å². The molecule has 0 bridgehead atoms. The van der Waals surface area contributed by atoms with E-state index in [4.69, 9.17) is 36.0 Å². The molecule has 2 saturated heterocycles. The molecule has 0 aromatic carbocycles. The van der Waals surface area contributed by atoms with Crippen LogP contribution in [0.2, 0.25) is 0 Å². The molecule has 2 rings (SSSR count). The predicted octanol–water partition coefficient (Wildman–Crippen LogP) is 0.559. The first-order chi connectivity index (χ1) is 12.0. The molecule has 2 aliphatic heterocycles. The minimum absolute atomic E-state index is 0.0232. The third-order valence-electron chi connectivity index (χ3n) is 3.79. The number of ether oxygens (including phenoxy) is 4. The molecule has 135 valence electrons. The second kappa shape index (κ2) is 12.0. The SMILES string of the molecule is COC1C[C@H](C)[C@@H](CO)O1.[2H]P([B][3H])SO[C@H]1CC(OC)O[C@@H]1CO. The summed E-state index contributed by atoms with van der Waals surface area (Å²) in [6.45, 7) is 2.02. The summed E-state index contributed by atoms with van der Waals surface area (Å²) in [7, 11) is 2.86. The van der Waals surface area contributed by atoms with Gasteiger partial charge in [-0.15, -0.1) is 0 Å². The van der Waals surface area contributed by atoms with Gasteiger partial charge < -0.3 is 33.3 Å². The summed E-state index contributed by atoms with van der Waals surface area (Å²) in [6.07, 6.45) is 0.260. The zero-order chi connectivity index (χ0) is 18.8. The number of rotatable bonds is 8. The molecule has 3 unspecified atom stereocenters. The molecule has 0 aromatic rings. The fraction of sp³-hybridized carbons (Fsp3) is 1.00. The van der Waals surface area contributed by atoms with Crippen LogP contribution < -0.4 is 0 Å². The molecule has 7 nitrogen and oxygen atoms in total.